The zero-order valence-corrected chi connectivity index (χ0v) is 11.3. The molecule has 0 saturated heterocycles. The quantitative estimate of drug-likeness (QED) is 0.916. The van der Waals surface area contributed by atoms with Crippen LogP contribution in [-0.4, -0.2) is 11.8 Å². The monoisotopic (exact) mass is 258 g/mol. The summed E-state index contributed by atoms with van der Waals surface area (Å²) >= 11 is 0. The van der Waals surface area contributed by atoms with Crippen LogP contribution in [0.15, 0.2) is 28.8 Å². The van der Waals surface area contributed by atoms with Gasteiger partial charge in [-0.2, -0.15) is 0 Å². The standard InChI is InChI=1S/C15H18N2O2/c1-10-7-14(17-19-10)9-16-11(2)12-3-4-15-13(8-12)5-6-18-15/h3-4,7-8,11,16H,5-6,9H2,1-2H3. The maximum Gasteiger partial charge on any atom is 0.133 e. The van der Waals surface area contributed by atoms with Crippen molar-refractivity contribution in [3.05, 3.63) is 46.8 Å². The van der Waals surface area contributed by atoms with E-state index in [4.69, 9.17) is 9.26 Å². The highest BCUT2D eigenvalue weighted by atomic mass is 16.5. The molecule has 0 aliphatic carbocycles. The Balaban J connectivity index is 1.65. The first-order valence-electron chi connectivity index (χ1n) is 6.63. The molecule has 2 aromatic rings. The van der Waals surface area contributed by atoms with Crippen molar-refractivity contribution in [2.75, 3.05) is 6.61 Å². The van der Waals surface area contributed by atoms with Crippen LogP contribution in [0.2, 0.25) is 0 Å². The predicted octanol–water partition coefficient (Wildman–Crippen LogP) is 2.77. The molecule has 1 aromatic carbocycles. The molecule has 1 unspecified atom stereocenters. The summed E-state index contributed by atoms with van der Waals surface area (Å²) in [6.07, 6.45) is 1.01. The Morgan fingerprint density at radius 2 is 2.26 bits per heavy atom. The number of ether oxygens (including phenoxy) is 1. The smallest absolute Gasteiger partial charge is 0.133 e. The molecule has 1 aromatic heterocycles. The summed E-state index contributed by atoms with van der Waals surface area (Å²) in [6.45, 7) is 5.58. The molecular formula is C15H18N2O2. The zero-order chi connectivity index (χ0) is 13.2. The average molecular weight is 258 g/mol. The van der Waals surface area contributed by atoms with Crippen LogP contribution in [0.1, 0.15) is 35.5 Å². The first-order valence-corrected chi connectivity index (χ1v) is 6.63. The first kappa shape index (κ1) is 12.2. The lowest BCUT2D eigenvalue weighted by molar-refractivity contribution is 0.356. The van der Waals surface area contributed by atoms with Crippen LogP contribution < -0.4 is 10.1 Å². The molecular weight excluding hydrogens is 240 g/mol. The van der Waals surface area contributed by atoms with Gasteiger partial charge >= 0.3 is 0 Å². The van der Waals surface area contributed by atoms with Gasteiger partial charge in [0.15, 0.2) is 0 Å². The number of benzene rings is 1. The fraction of sp³-hybridized carbons (Fsp3) is 0.400. The van der Waals surface area contributed by atoms with Crippen LogP contribution in [0, 0.1) is 6.92 Å². The Kier molecular flexibility index (Phi) is 3.25. The zero-order valence-electron chi connectivity index (χ0n) is 11.3. The van der Waals surface area contributed by atoms with E-state index in [2.05, 4.69) is 35.6 Å². The van der Waals surface area contributed by atoms with Crippen molar-refractivity contribution in [2.45, 2.75) is 32.9 Å². The predicted molar refractivity (Wildman–Crippen MR) is 72.1 cm³/mol. The fourth-order valence-corrected chi connectivity index (χ4v) is 2.35. The lowest BCUT2D eigenvalue weighted by Gasteiger charge is -2.14. The molecule has 2 heterocycles. The minimum Gasteiger partial charge on any atom is -0.493 e. The van der Waals surface area contributed by atoms with Crippen LogP contribution >= 0.6 is 0 Å². The molecule has 1 N–H and O–H groups in total. The Labute approximate surface area is 112 Å². The molecule has 1 aliphatic rings. The van der Waals surface area contributed by atoms with Gasteiger partial charge in [0.1, 0.15) is 11.5 Å². The summed E-state index contributed by atoms with van der Waals surface area (Å²) in [4.78, 5) is 0. The van der Waals surface area contributed by atoms with E-state index < -0.39 is 0 Å². The first-order chi connectivity index (χ1) is 9.22. The van der Waals surface area contributed by atoms with E-state index in [0.717, 1.165) is 30.2 Å². The van der Waals surface area contributed by atoms with Crippen molar-refractivity contribution in [1.29, 1.82) is 0 Å². The molecule has 0 bridgehead atoms. The second kappa shape index (κ2) is 5.05. The molecule has 0 fully saturated rings. The largest absolute Gasteiger partial charge is 0.493 e. The lowest BCUT2D eigenvalue weighted by atomic mass is 10.0. The highest BCUT2D eigenvalue weighted by Crippen LogP contribution is 2.28. The topological polar surface area (TPSA) is 47.3 Å². The number of aryl methyl sites for hydroxylation is 1. The Hall–Kier alpha value is -1.81. The number of hydrogen-bond donors (Lipinski definition) is 1. The van der Waals surface area contributed by atoms with E-state index in [1.165, 1.54) is 11.1 Å². The highest BCUT2D eigenvalue weighted by Gasteiger charge is 2.14. The van der Waals surface area contributed by atoms with Gasteiger partial charge in [0.2, 0.25) is 0 Å². The van der Waals surface area contributed by atoms with Gasteiger partial charge in [0.25, 0.3) is 0 Å². The molecule has 0 amide bonds. The number of hydrogen-bond acceptors (Lipinski definition) is 4. The third kappa shape index (κ3) is 2.63. The molecule has 1 aliphatic heterocycles. The van der Waals surface area contributed by atoms with Crippen LogP contribution in [-0.2, 0) is 13.0 Å². The normalized spacial score (nSPS) is 15.1. The van der Waals surface area contributed by atoms with Crippen molar-refractivity contribution in [1.82, 2.24) is 10.5 Å². The summed E-state index contributed by atoms with van der Waals surface area (Å²) in [6, 6.07) is 8.65. The van der Waals surface area contributed by atoms with Crippen molar-refractivity contribution in [2.24, 2.45) is 0 Å². The Morgan fingerprint density at radius 1 is 1.37 bits per heavy atom. The molecule has 0 saturated carbocycles. The third-order valence-electron chi connectivity index (χ3n) is 3.48. The van der Waals surface area contributed by atoms with Crippen LogP contribution in [0.3, 0.4) is 0 Å². The minimum atomic E-state index is 0.280. The summed E-state index contributed by atoms with van der Waals surface area (Å²) in [5, 5.41) is 7.44. The van der Waals surface area contributed by atoms with Crippen LogP contribution in [0.4, 0.5) is 0 Å². The SMILES string of the molecule is Cc1cc(CNC(C)c2ccc3c(c2)CCO3)no1. The fourth-order valence-electron chi connectivity index (χ4n) is 2.35. The van der Waals surface area contributed by atoms with Crippen LogP contribution in [0.25, 0.3) is 0 Å². The van der Waals surface area contributed by atoms with Crippen molar-refractivity contribution in [3.8, 4) is 5.75 Å². The Bertz CT molecular complexity index is 577. The van der Waals surface area contributed by atoms with Crippen molar-refractivity contribution in [3.63, 3.8) is 0 Å². The maximum absolute atomic E-state index is 5.52. The van der Waals surface area contributed by atoms with Gasteiger partial charge < -0.3 is 14.6 Å². The van der Waals surface area contributed by atoms with Gasteiger partial charge in [-0.1, -0.05) is 17.3 Å². The van der Waals surface area contributed by atoms with E-state index in [0.29, 0.717) is 6.54 Å². The summed E-state index contributed by atoms with van der Waals surface area (Å²) in [7, 11) is 0. The lowest BCUT2D eigenvalue weighted by Crippen LogP contribution is -2.18. The van der Waals surface area contributed by atoms with E-state index in [9.17, 15) is 0 Å². The number of aromatic nitrogens is 1. The molecule has 4 nitrogen and oxygen atoms in total. The summed E-state index contributed by atoms with van der Waals surface area (Å²) < 4.78 is 10.6. The second-order valence-electron chi connectivity index (χ2n) is 5.00. The Morgan fingerprint density at radius 3 is 3.05 bits per heavy atom. The van der Waals surface area contributed by atoms with E-state index in [1.54, 1.807) is 0 Å². The molecule has 100 valence electrons. The van der Waals surface area contributed by atoms with Gasteiger partial charge in [0, 0.05) is 25.1 Å². The van der Waals surface area contributed by atoms with Crippen molar-refractivity contribution >= 4 is 0 Å². The van der Waals surface area contributed by atoms with E-state index in [1.807, 2.05) is 13.0 Å². The molecule has 19 heavy (non-hydrogen) atoms. The summed E-state index contributed by atoms with van der Waals surface area (Å²) in [5.41, 5.74) is 3.53. The number of fused-ring (bicyclic) bond motifs is 1. The molecule has 0 spiro atoms. The van der Waals surface area contributed by atoms with Gasteiger partial charge in [-0.05, 0) is 31.0 Å². The van der Waals surface area contributed by atoms with Gasteiger partial charge in [-0.15, -0.1) is 0 Å². The van der Waals surface area contributed by atoms with Gasteiger partial charge in [-0.25, -0.2) is 0 Å². The average Bonchev–Trinajstić information content (AvgIpc) is 3.03. The minimum absolute atomic E-state index is 0.280. The number of nitrogens with zero attached hydrogens (tertiary/aromatic N) is 1. The molecule has 3 rings (SSSR count). The van der Waals surface area contributed by atoms with E-state index in [-0.39, 0.29) is 6.04 Å². The third-order valence-corrected chi connectivity index (χ3v) is 3.48. The molecule has 4 heteroatoms. The maximum atomic E-state index is 5.52. The van der Waals surface area contributed by atoms with Crippen molar-refractivity contribution < 1.29 is 9.26 Å². The van der Waals surface area contributed by atoms with Crippen LogP contribution in [0.5, 0.6) is 5.75 Å². The second-order valence-corrected chi connectivity index (χ2v) is 5.00. The van der Waals surface area contributed by atoms with Gasteiger partial charge in [-0.3, -0.25) is 0 Å². The number of nitrogens with one attached hydrogen (secondary N) is 1. The van der Waals surface area contributed by atoms with Gasteiger partial charge in [0.05, 0.1) is 12.3 Å². The highest BCUT2D eigenvalue weighted by molar-refractivity contribution is 5.40. The summed E-state index contributed by atoms with van der Waals surface area (Å²) in [5.74, 6) is 1.88. The molecule has 0 radical (unpaired) electrons. The molecule has 1 atom stereocenters. The number of rotatable bonds is 4. The van der Waals surface area contributed by atoms with E-state index >= 15 is 0 Å².